The maximum absolute atomic E-state index is 6.20. The number of unbranched alkanes of at least 4 members (excludes halogenated alkanes) is 1. The highest BCUT2D eigenvalue weighted by atomic mass is 15.1. The molecule has 1 unspecified atom stereocenters. The molecule has 16 heavy (non-hydrogen) atoms. The number of nitrogens with two attached hydrogens (primary N) is 1. The minimum atomic E-state index is 0.137. The normalized spacial score (nSPS) is 13.0. The van der Waals surface area contributed by atoms with Crippen molar-refractivity contribution in [2.24, 2.45) is 5.73 Å². The summed E-state index contributed by atoms with van der Waals surface area (Å²) in [6.07, 6.45) is 2.51. The summed E-state index contributed by atoms with van der Waals surface area (Å²) in [4.78, 5) is 2.43. The highest BCUT2D eigenvalue weighted by molar-refractivity contribution is 5.18. The molecule has 0 heterocycles. The van der Waals surface area contributed by atoms with Gasteiger partial charge in [0.15, 0.2) is 0 Å². The smallest absolute Gasteiger partial charge is 0.0424 e. The second kappa shape index (κ2) is 7.42. The maximum atomic E-state index is 6.20. The van der Waals surface area contributed by atoms with Crippen LogP contribution < -0.4 is 5.73 Å². The van der Waals surface area contributed by atoms with Gasteiger partial charge in [0, 0.05) is 12.6 Å². The molecule has 1 aromatic rings. The van der Waals surface area contributed by atoms with Gasteiger partial charge in [0.25, 0.3) is 0 Å². The average Bonchev–Trinajstić information content (AvgIpc) is 2.35. The average molecular weight is 220 g/mol. The molecule has 1 rings (SSSR count). The van der Waals surface area contributed by atoms with E-state index in [-0.39, 0.29) is 6.04 Å². The Kier molecular flexibility index (Phi) is 6.12. The van der Waals surface area contributed by atoms with E-state index < -0.39 is 0 Å². The van der Waals surface area contributed by atoms with Crippen molar-refractivity contribution in [2.45, 2.75) is 32.7 Å². The van der Waals surface area contributed by atoms with Crippen molar-refractivity contribution in [3.8, 4) is 0 Å². The predicted octanol–water partition coefficient (Wildman–Crippen LogP) is 2.81. The van der Waals surface area contributed by atoms with Crippen LogP contribution in [0, 0.1) is 0 Å². The molecule has 0 amide bonds. The number of rotatable bonds is 7. The van der Waals surface area contributed by atoms with E-state index in [0.29, 0.717) is 0 Å². The lowest BCUT2D eigenvalue weighted by atomic mass is 10.1. The molecule has 90 valence electrons. The summed E-state index contributed by atoms with van der Waals surface area (Å²) in [5.41, 5.74) is 7.44. The highest BCUT2D eigenvalue weighted by Crippen LogP contribution is 2.11. The van der Waals surface area contributed by atoms with Crippen molar-refractivity contribution in [1.29, 1.82) is 0 Å². The molecule has 1 atom stereocenters. The second-order valence-corrected chi connectivity index (χ2v) is 4.26. The van der Waals surface area contributed by atoms with Crippen LogP contribution in [0.25, 0.3) is 0 Å². The van der Waals surface area contributed by atoms with Gasteiger partial charge in [0.05, 0.1) is 0 Å². The van der Waals surface area contributed by atoms with Gasteiger partial charge in [0.1, 0.15) is 0 Å². The molecule has 1 aromatic carbocycles. The fourth-order valence-electron chi connectivity index (χ4n) is 1.84. The Labute approximate surface area is 99.5 Å². The van der Waals surface area contributed by atoms with Gasteiger partial charge in [-0.05, 0) is 25.1 Å². The summed E-state index contributed by atoms with van der Waals surface area (Å²) in [5, 5.41) is 0. The molecule has 0 aliphatic rings. The van der Waals surface area contributed by atoms with Crippen molar-refractivity contribution >= 4 is 0 Å². The molecule has 0 fully saturated rings. The Morgan fingerprint density at radius 3 is 2.44 bits per heavy atom. The standard InChI is InChI=1S/C14H24N2/c1-3-5-11-16(4-2)12-14(15)13-9-7-6-8-10-13/h6-10,14H,3-5,11-12,15H2,1-2H3. The number of hydrogen-bond donors (Lipinski definition) is 1. The van der Waals surface area contributed by atoms with Gasteiger partial charge < -0.3 is 10.6 Å². The Hall–Kier alpha value is -0.860. The lowest BCUT2D eigenvalue weighted by Gasteiger charge is -2.24. The van der Waals surface area contributed by atoms with Gasteiger partial charge in [-0.1, -0.05) is 50.6 Å². The van der Waals surface area contributed by atoms with Gasteiger partial charge in [-0.2, -0.15) is 0 Å². The second-order valence-electron chi connectivity index (χ2n) is 4.26. The molecule has 0 bridgehead atoms. The van der Waals surface area contributed by atoms with E-state index in [9.17, 15) is 0 Å². The first-order valence-electron chi connectivity index (χ1n) is 6.30. The first-order valence-corrected chi connectivity index (χ1v) is 6.30. The zero-order chi connectivity index (χ0) is 11.8. The van der Waals surface area contributed by atoms with Gasteiger partial charge in [-0.3, -0.25) is 0 Å². The number of likely N-dealkylation sites (N-methyl/N-ethyl adjacent to an activating group) is 1. The van der Waals surface area contributed by atoms with Crippen LogP contribution in [0.1, 0.15) is 38.3 Å². The molecule has 0 saturated carbocycles. The number of hydrogen-bond acceptors (Lipinski definition) is 2. The third kappa shape index (κ3) is 4.33. The summed E-state index contributed by atoms with van der Waals surface area (Å²) in [6.45, 7) is 7.63. The van der Waals surface area contributed by atoms with E-state index in [1.165, 1.54) is 18.4 Å². The van der Waals surface area contributed by atoms with Crippen LogP contribution in [0.15, 0.2) is 30.3 Å². The minimum Gasteiger partial charge on any atom is -0.323 e. The van der Waals surface area contributed by atoms with Crippen molar-refractivity contribution in [3.63, 3.8) is 0 Å². The van der Waals surface area contributed by atoms with Gasteiger partial charge >= 0.3 is 0 Å². The Morgan fingerprint density at radius 2 is 1.88 bits per heavy atom. The molecule has 2 N–H and O–H groups in total. The summed E-state index contributed by atoms with van der Waals surface area (Å²) >= 11 is 0. The van der Waals surface area contributed by atoms with Crippen LogP contribution in [0.3, 0.4) is 0 Å². The molecule has 0 aromatic heterocycles. The van der Waals surface area contributed by atoms with Crippen LogP contribution >= 0.6 is 0 Å². The summed E-state index contributed by atoms with van der Waals surface area (Å²) < 4.78 is 0. The molecule has 0 saturated heterocycles. The third-order valence-corrected chi connectivity index (χ3v) is 2.96. The molecule has 0 aliphatic heterocycles. The largest absolute Gasteiger partial charge is 0.323 e. The highest BCUT2D eigenvalue weighted by Gasteiger charge is 2.09. The SMILES string of the molecule is CCCCN(CC)CC(N)c1ccccc1. The summed E-state index contributed by atoms with van der Waals surface area (Å²) in [6, 6.07) is 10.5. The van der Waals surface area contributed by atoms with Gasteiger partial charge in [0.2, 0.25) is 0 Å². The van der Waals surface area contributed by atoms with Crippen LogP contribution in [-0.2, 0) is 0 Å². The van der Waals surface area contributed by atoms with E-state index >= 15 is 0 Å². The number of benzene rings is 1. The maximum Gasteiger partial charge on any atom is 0.0424 e. The zero-order valence-electron chi connectivity index (χ0n) is 10.5. The quantitative estimate of drug-likeness (QED) is 0.765. The van der Waals surface area contributed by atoms with Crippen LogP contribution in [0.4, 0.5) is 0 Å². The van der Waals surface area contributed by atoms with E-state index in [2.05, 4.69) is 43.0 Å². The predicted molar refractivity (Wildman–Crippen MR) is 70.4 cm³/mol. The first-order chi connectivity index (χ1) is 7.77. The molecule has 0 spiro atoms. The lowest BCUT2D eigenvalue weighted by molar-refractivity contribution is 0.266. The van der Waals surface area contributed by atoms with E-state index in [0.717, 1.165) is 19.6 Å². The molecule has 2 heteroatoms. The topological polar surface area (TPSA) is 29.3 Å². The van der Waals surface area contributed by atoms with Gasteiger partial charge in [-0.15, -0.1) is 0 Å². The van der Waals surface area contributed by atoms with Crippen LogP contribution in [-0.4, -0.2) is 24.5 Å². The zero-order valence-corrected chi connectivity index (χ0v) is 10.5. The first kappa shape index (κ1) is 13.2. The van der Waals surface area contributed by atoms with Crippen LogP contribution in [0.5, 0.6) is 0 Å². The molecule has 0 radical (unpaired) electrons. The van der Waals surface area contributed by atoms with E-state index in [1.807, 2.05) is 6.07 Å². The Bertz CT molecular complexity index is 271. The third-order valence-electron chi connectivity index (χ3n) is 2.96. The number of nitrogens with zero attached hydrogens (tertiary/aromatic N) is 1. The molecule has 2 nitrogen and oxygen atoms in total. The fraction of sp³-hybridized carbons (Fsp3) is 0.571. The van der Waals surface area contributed by atoms with Crippen molar-refractivity contribution < 1.29 is 0 Å². The van der Waals surface area contributed by atoms with Crippen LogP contribution in [0.2, 0.25) is 0 Å². The Morgan fingerprint density at radius 1 is 1.19 bits per heavy atom. The van der Waals surface area contributed by atoms with E-state index in [1.54, 1.807) is 0 Å². The monoisotopic (exact) mass is 220 g/mol. The molecule has 0 aliphatic carbocycles. The molecular weight excluding hydrogens is 196 g/mol. The minimum absolute atomic E-state index is 0.137. The van der Waals surface area contributed by atoms with E-state index in [4.69, 9.17) is 5.73 Å². The van der Waals surface area contributed by atoms with Crippen molar-refractivity contribution in [3.05, 3.63) is 35.9 Å². The lowest BCUT2D eigenvalue weighted by Crippen LogP contribution is -2.32. The van der Waals surface area contributed by atoms with Gasteiger partial charge in [-0.25, -0.2) is 0 Å². The Balaban J connectivity index is 2.45. The fourth-order valence-corrected chi connectivity index (χ4v) is 1.84. The van der Waals surface area contributed by atoms with Crippen molar-refractivity contribution in [1.82, 2.24) is 4.90 Å². The summed E-state index contributed by atoms with van der Waals surface area (Å²) in [5.74, 6) is 0. The van der Waals surface area contributed by atoms with Crippen molar-refractivity contribution in [2.75, 3.05) is 19.6 Å². The molecular formula is C14H24N2. The summed E-state index contributed by atoms with van der Waals surface area (Å²) in [7, 11) is 0.